The van der Waals surface area contributed by atoms with Crippen molar-refractivity contribution in [3.63, 3.8) is 0 Å². The fourth-order valence-electron chi connectivity index (χ4n) is 3.28. The van der Waals surface area contributed by atoms with Crippen molar-refractivity contribution in [3.05, 3.63) is 56.6 Å². The largest absolute Gasteiger partial charge is 0.456 e. The smallest absolute Gasteiger partial charge is 0.271 e. The number of hydrogen-bond donors (Lipinski definition) is 0. The molecule has 0 unspecified atom stereocenters. The molecular formula is C20H24Cl2N4O5S. The molecule has 0 N–H and O–H groups in total. The number of piperazine rings is 1. The molecule has 0 bridgehead atoms. The number of rotatable bonds is 8. The molecule has 0 amide bonds. The summed E-state index contributed by atoms with van der Waals surface area (Å²) in [6.45, 7) is 3.41. The van der Waals surface area contributed by atoms with Gasteiger partial charge in [-0.15, -0.1) is 0 Å². The highest BCUT2D eigenvalue weighted by Crippen LogP contribution is 2.36. The molecule has 3 rings (SSSR count). The molecule has 32 heavy (non-hydrogen) atoms. The highest BCUT2D eigenvalue weighted by atomic mass is 35.5. The number of benzene rings is 2. The van der Waals surface area contributed by atoms with Gasteiger partial charge in [-0.3, -0.25) is 15.0 Å². The molecule has 1 aliphatic heterocycles. The van der Waals surface area contributed by atoms with Crippen LogP contribution in [-0.2, 0) is 10.0 Å². The van der Waals surface area contributed by atoms with Gasteiger partial charge in [-0.1, -0.05) is 23.2 Å². The molecule has 2 aromatic rings. The fourth-order valence-corrected chi connectivity index (χ4v) is 5.35. The van der Waals surface area contributed by atoms with Crippen LogP contribution in [-0.4, -0.2) is 80.8 Å². The zero-order valence-electron chi connectivity index (χ0n) is 17.7. The lowest BCUT2D eigenvalue weighted by molar-refractivity contribution is -0.385. The summed E-state index contributed by atoms with van der Waals surface area (Å²) in [5.74, 6) is 0.185. The van der Waals surface area contributed by atoms with Gasteiger partial charge in [0.05, 0.1) is 4.92 Å². The van der Waals surface area contributed by atoms with E-state index in [9.17, 15) is 18.5 Å². The van der Waals surface area contributed by atoms with Crippen molar-refractivity contribution in [1.82, 2.24) is 14.1 Å². The van der Waals surface area contributed by atoms with Gasteiger partial charge in [-0.2, -0.15) is 4.31 Å². The summed E-state index contributed by atoms with van der Waals surface area (Å²) in [6, 6.07) is 7.96. The monoisotopic (exact) mass is 502 g/mol. The van der Waals surface area contributed by atoms with Gasteiger partial charge in [-0.05, 0) is 38.4 Å². The second-order valence-corrected chi connectivity index (χ2v) is 10.4. The number of halogens is 2. The molecule has 1 saturated heterocycles. The standard InChI is InChI=1S/C20H24Cl2N4O5S/c1-23(2)5-6-24-7-9-25(10-8-24)32(29,30)20-14-17(26(27)28)3-4-19(20)31-18-12-15(21)11-16(22)13-18/h3-4,11-14H,5-10H2,1-2H3. The van der Waals surface area contributed by atoms with E-state index in [4.69, 9.17) is 27.9 Å². The normalized spacial score (nSPS) is 15.8. The van der Waals surface area contributed by atoms with Crippen LogP contribution in [0.5, 0.6) is 11.5 Å². The van der Waals surface area contributed by atoms with E-state index in [-0.39, 0.29) is 35.2 Å². The van der Waals surface area contributed by atoms with Crippen LogP contribution in [0.2, 0.25) is 10.0 Å². The lowest BCUT2D eigenvalue weighted by Crippen LogP contribution is -2.49. The van der Waals surface area contributed by atoms with E-state index in [1.54, 1.807) is 0 Å². The number of hydrogen-bond acceptors (Lipinski definition) is 7. The van der Waals surface area contributed by atoms with E-state index in [0.717, 1.165) is 19.2 Å². The predicted octanol–water partition coefficient (Wildman–Crippen LogP) is 3.56. The first-order chi connectivity index (χ1) is 15.1. The minimum absolute atomic E-state index is 0.0380. The van der Waals surface area contributed by atoms with Crippen LogP contribution < -0.4 is 4.74 Å². The zero-order chi connectivity index (χ0) is 23.5. The molecule has 2 aromatic carbocycles. The molecular weight excluding hydrogens is 479 g/mol. The van der Waals surface area contributed by atoms with Crippen molar-refractivity contribution < 1.29 is 18.1 Å². The molecule has 0 atom stereocenters. The minimum atomic E-state index is -4.04. The Morgan fingerprint density at radius 3 is 2.25 bits per heavy atom. The molecule has 0 aromatic heterocycles. The van der Waals surface area contributed by atoms with Crippen LogP contribution in [0.1, 0.15) is 0 Å². The van der Waals surface area contributed by atoms with Crippen molar-refractivity contribution in [2.24, 2.45) is 0 Å². The molecule has 1 fully saturated rings. The van der Waals surface area contributed by atoms with Gasteiger partial charge in [0.1, 0.15) is 16.4 Å². The zero-order valence-corrected chi connectivity index (χ0v) is 20.0. The third-order valence-electron chi connectivity index (χ3n) is 5.01. The Morgan fingerprint density at radius 2 is 1.69 bits per heavy atom. The molecule has 0 radical (unpaired) electrons. The Hall–Kier alpha value is -1.95. The Bertz CT molecular complexity index is 1070. The van der Waals surface area contributed by atoms with Crippen LogP contribution in [0.25, 0.3) is 0 Å². The third kappa shape index (κ3) is 6.09. The van der Waals surface area contributed by atoms with Crippen molar-refractivity contribution in [2.75, 3.05) is 53.4 Å². The highest BCUT2D eigenvalue weighted by Gasteiger charge is 2.32. The fraction of sp³-hybridized carbons (Fsp3) is 0.400. The number of nitro benzene ring substituents is 1. The molecule has 12 heteroatoms. The first kappa shape index (κ1) is 24.7. The second-order valence-electron chi connectivity index (χ2n) is 7.64. The Kier molecular flexibility index (Phi) is 7.97. The summed E-state index contributed by atoms with van der Waals surface area (Å²) < 4.78 is 33.9. The van der Waals surface area contributed by atoms with Gasteiger partial charge < -0.3 is 9.64 Å². The number of nitro groups is 1. The van der Waals surface area contributed by atoms with E-state index in [0.29, 0.717) is 23.1 Å². The van der Waals surface area contributed by atoms with Crippen LogP contribution in [0.3, 0.4) is 0 Å². The second kappa shape index (κ2) is 10.3. The summed E-state index contributed by atoms with van der Waals surface area (Å²) in [4.78, 5) is 14.6. The average molecular weight is 503 g/mol. The molecule has 0 saturated carbocycles. The third-order valence-corrected chi connectivity index (χ3v) is 7.37. The topological polar surface area (TPSA) is 96.2 Å². The maximum absolute atomic E-state index is 13.4. The van der Waals surface area contributed by atoms with Gasteiger partial charge in [0.15, 0.2) is 0 Å². The van der Waals surface area contributed by atoms with Crippen LogP contribution >= 0.6 is 23.2 Å². The summed E-state index contributed by atoms with van der Waals surface area (Å²) >= 11 is 12.0. The van der Waals surface area contributed by atoms with E-state index < -0.39 is 14.9 Å². The lowest BCUT2D eigenvalue weighted by atomic mass is 10.3. The van der Waals surface area contributed by atoms with Crippen LogP contribution in [0, 0.1) is 10.1 Å². The number of ether oxygens (including phenoxy) is 1. The van der Waals surface area contributed by atoms with Gasteiger partial charge >= 0.3 is 0 Å². The maximum Gasteiger partial charge on any atom is 0.271 e. The SMILES string of the molecule is CN(C)CCN1CCN(S(=O)(=O)c2cc([N+](=O)[O-])ccc2Oc2cc(Cl)cc(Cl)c2)CC1. The molecule has 1 aliphatic rings. The summed E-state index contributed by atoms with van der Waals surface area (Å²) in [5, 5.41) is 11.9. The van der Waals surface area contributed by atoms with Gasteiger partial charge in [0, 0.05) is 61.4 Å². The summed E-state index contributed by atoms with van der Waals surface area (Å²) in [7, 11) is -0.0754. The molecule has 0 spiro atoms. The minimum Gasteiger partial charge on any atom is -0.456 e. The van der Waals surface area contributed by atoms with Gasteiger partial charge in [0.25, 0.3) is 5.69 Å². The van der Waals surface area contributed by atoms with Crippen molar-refractivity contribution in [3.8, 4) is 11.5 Å². The predicted molar refractivity (Wildman–Crippen MR) is 123 cm³/mol. The van der Waals surface area contributed by atoms with E-state index in [1.165, 1.54) is 34.6 Å². The Balaban J connectivity index is 1.89. The maximum atomic E-state index is 13.4. The van der Waals surface area contributed by atoms with Crippen molar-refractivity contribution >= 4 is 38.9 Å². The van der Waals surface area contributed by atoms with E-state index in [1.807, 2.05) is 14.1 Å². The summed E-state index contributed by atoms with van der Waals surface area (Å²) in [5.41, 5.74) is -0.343. The molecule has 174 valence electrons. The molecule has 0 aliphatic carbocycles. The number of non-ortho nitro benzene ring substituents is 1. The van der Waals surface area contributed by atoms with E-state index in [2.05, 4.69) is 9.80 Å². The molecule has 1 heterocycles. The quantitative estimate of drug-likeness (QED) is 0.402. The van der Waals surface area contributed by atoms with Gasteiger partial charge in [-0.25, -0.2) is 8.42 Å². The Morgan fingerprint density at radius 1 is 1.06 bits per heavy atom. The number of sulfonamides is 1. The average Bonchev–Trinajstić information content (AvgIpc) is 2.71. The number of likely N-dealkylation sites (N-methyl/N-ethyl adjacent to an activating group) is 1. The highest BCUT2D eigenvalue weighted by molar-refractivity contribution is 7.89. The lowest BCUT2D eigenvalue weighted by Gasteiger charge is -2.34. The molecule has 9 nitrogen and oxygen atoms in total. The van der Waals surface area contributed by atoms with Crippen LogP contribution in [0.15, 0.2) is 41.3 Å². The van der Waals surface area contributed by atoms with E-state index >= 15 is 0 Å². The van der Waals surface area contributed by atoms with Crippen LogP contribution in [0.4, 0.5) is 5.69 Å². The number of nitrogens with zero attached hydrogens (tertiary/aromatic N) is 4. The summed E-state index contributed by atoms with van der Waals surface area (Å²) in [6.07, 6.45) is 0. The first-order valence-corrected chi connectivity index (χ1v) is 12.1. The van der Waals surface area contributed by atoms with Crippen molar-refractivity contribution in [1.29, 1.82) is 0 Å². The Labute approximate surface area is 197 Å². The van der Waals surface area contributed by atoms with Crippen molar-refractivity contribution in [2.45, 2.75) is 4.90 Å². The van der Waals surface area contributed by atoms with Gasteiger partial charge in [0.2, 0.25) is 10.0 Å². The first-order valence-electron chi connectivity index (χ1n) is 9.86.